The number of ketones is 1. The molecule has 0 bridgehead atoms. The van der Waals surface area contributed by atoms with Crippen LogP contribution in [0.3, 0.4) is 0 Å². The maximum Gasteiger partial charge on any atom is 0.270 e. The van der Waals surface area contributed by atoms with E-state index in [1.165, 1.54) is 22.0 Å². The number of fused-ring (bicyclic) bond motifs is 3. The molecule has 0 saturated carbocycles. The van der Waals surface area contributed by atoms with Gasteiger partial charge in [0, 0.05) is 17.2 Å². The van der Waals surface area contributed by atoms with Crippen LogP contribution in [0.5, 0.6) is 5.75 Å². The number of hydrogen-bond acceptors (Lipinski definition) is 6. The van der Waals surface area contributed by atoms with Crippen LogP contribution in [0.25, 0.3) is 16.7 Å². The average molecular weight is 340 g/mol. The van der Waals surface area contributed by atoms with Crippen LogP contribution in [0.15, 0.2) is 41.9 Å². The molecule has 0 atom stereocenters. The third-order valence-corrected chi connectivity index (χ3v) is 4.48. The highest BCUT2D eigenvalue weighted by atomic mass is 32.1. The maximum absolute atomic E-state index is 12.6. The molecule has 120 valence electrons. The van der Waals surface area contributed by atoms with Crippen molar-refractivity contribution in [2.45, 2.75) is 6.92 Å². The van der Waals surface area contributed by atoms with Crippen LogP contribution in [-0.4, -0.2) is 27.1 Å². The van der Waals surface area contributed by atoms with E-state index in [2.05, 4.69) is 10.2 Å². The van der Waals surface area contributed by atoms with Crippen molar-refractivity contribution in [1.29, 1.82) is 0 Å². The highest BCUT2D eigenvalue weighted by Gasteiger charge is 2.22. The van der Waals surface area contributed by atoms with E-state index in [0.29, 0.717) is 38.7 Å². The molecule has 0 spiro atoms. The van der Waals surface area contributed by atoms with Gasteiger partial charge in [-0.3, -0.25) is 4.79 Å². The Kier molecular flexibility index (Phi) is 3.39. The topological polar surface area (TPSA) is 83.4 Å². The maximum atomic E-state index is 12.6. The van der Waals surface area contributed by atoms with Crippen LogP contribution in [0, 0.1) is 5.21 Å². The normalized spacial score (nSPS) is 11.2. The van der Waals surface area contributed by atoms with E-state index in [0.717, 1.165) is 0 Å². The summed E-state index contributed by atoms with van der Waals surface area (Å²) in [6, 6.07) is 8.58. The molecule has 3 heterocycles. The highest BCUT2D eigenvalue weighted by Crippen LogP contribution is 2.22. The van der Waals surface area contributed by atoms with Crippen molar-refractivity contribution in [3.8, 4) is 5.75 Å². The summed E-state index contributed by atoms with van der Waals surface area (Å²) < 4.78 is 6.97. The lowest BCUT2D eigenvalue weighted by Crippen LogP contribution is -2.33. The molecule has 1 aromatic carbocycles. The zero-order valence-corrected chi connectivity index (χ0v) is 13.5. The third-order valence-electron chi connectivity index (χ3n) is 3.61. The fourth-order valence-electron chi connectivity index (χ4n) is 2.55. The molecule has 4 aromatic rings. The summed E-state index contributed by atoms with van der Waals surface area (Å²) in [6.45, 7) is 2.39. The Hall–Kier alpha value is -3.00. The first-order valence-corrected chi connectivity index (χ1v) is 8.19. The van der Waals surface area contributed by atoms with E-state index in [1.807, 2.05) is 12.3 Å². The standard InChI is InChI=1S/C16H12N4O3S/c1-2-23-10-5-6-12-13(8-10)19-16(18-20(12)22)11(9-17-19)15(21)14-4-3-7-24-14/h3-9H,2H2,1H3. The molecule has 7 nitrogen and oxygen atoms in total. The summed E-state index contributed by atoms with van der Waals surface area (Å²) in [4.78, 5) is 13.7. The first-order valence-electron chi connectivity index (χ1n) is 7.31. The zero-order chi connectivity index (χ0) is 16.7. The Labute approximate surface area is 140 Å². The molecule has 0 amide bonds. The number of carbonyl (C=O) groups is 1. The predicted molar refractivity (Wildman–Crippen MR) is 88.4 cm³/mol. The van der Waals surface area contributed by atoms with Gasteiger partial charge in [-0.05, 0) is 29.3 Å². The molecule has 3 aromatic heterocycles. The molecule has 0 aliphatic carbocycles. The smallest absolute Gasteiger partial charge is 0.270 e. The van der Waals surface area contributed by atoms with Crippen molar-refractivity contribution in [3.05, 3.63) is 57.6 Å². The summed E-state index contributed by atoms with van der Waals surface area (Å²) in [5, 5.41) is 22.3. The minimum absolute atomic E-state index is 0.201. The van der Waals surface area contributed by atoms with Crippen molar-refractivity contribution in [2.75, 3.05) is 6.61 Å². The SMILES string of the molecule is CCOc1ccc2c(c1)n1ncc(C(=O)c3cccs3)c1n[n+]2[O-]. The molecule has 0 aliphatic heterocycles. The number of nitrogens with zero attached hydrogens (tertiary/aromatic N) is 4. The number of thiophene rings is 1. The molecule has 0 aliphatic rings. The van der Waals surface area contributed by atoms with Crippen LogP contribution >= 0.6 is 11.3 Å². The largest absolute Gasteiger partial charge is 0.594 e. The quantitative estimate of drug-likeness (QED) is 0.323. The first-order chi connectivity index (χ1) is 11.7. The Morgan fingerprint density at radius 3 is 3.04 bits per heavy atom. The van der Waals surface area contributed by atoms with Gasteiger partial charge in [-0.2, -0.15) is 5.10 Å². The first kappa shape index (κ1) is 14.6. The molecular weight excluding hydrogens is 328 g/mol. The number of aromatic nitrogens is 4. The summed E-state index contributed by atoms with van der Waals surface area (Å²) in [5.41, 5.74) is 1.41. The molecule has 0 unspecified atom stereocenters. The van der Waals surface area contributed by atoms with Crippen molar-refractivity contribution < 1.29 is 14.4 Å². The molecule has 0 saturated heterocycles. The van der Waals surface area contributed by atoms with Crippen LogP contribution in [0.1, 0.15) is 22.2 Å². The van der Waals surface area contributed by atoms with E-state index in [9.17, 15) is 10.0 Å². The Bertz CT molecular complexity index is 1060. The number of ether oxygens (including phenoxy) is 1. The Morgan fingerprint density at radius 1 is 1.42 bits per heavy atom. The fraction of sp³-hybridized carbons (Fsp3) is 0.125. The van der Waals surface area contributed by atoms with E-state index in [1.54, 1.807) is 30.3 Å². The van der Waals surface area contributed by atoms with Crippen LogP contribution in [-0.2, 0) is 0 Å². The predicted octanol–water partition coefficient (Wildman–Crippen LogP) is 2.21. The third kappa shape index (κ3) is 2.19. The van der Waals surface area contributed by atoms with E-state index >= 15 is 0 Å². The molecule has 0 N–H and O–H groups in total. The fourth-order valence-corrected chi connectivity index (χ4v) is 3.22. The lowest BCUT2D eigenvalue weighted by molar-refractivity contribution is -0.640. The van der Waals surface area contributed by atoms with Gasteiger partial charge >= 0.3 is 0 Å². The summed E-state index contributed by atoms with van der Waals surface area (Å²) in [5.74, 6) is 0.423. The van der Waals surface area contributed by atoms with E-state index in [-0.39, 0.29) is 11.4 Å². The molecule has 24 heavy (non-hydrogen) atoms. The van der Waals surface area contributed by atoms with Gasteiger partial charge in [-0.1, -0.05) is 6.07 Å². The minimum atomic E-state index is -0.201. The number of rotatable bonds is 4. The number of benzene rings is 1. The lowest BCUT2D eigenvalue weighted by Gasteiger charge is -2.05. The van der Waals surface area contributed by atoms with E-state index in [4.69, 9.17) is 4.74 Å². The van der Waals surface area contributed by atoms with Gasteiger partial charge in [0.25, 0.3) is 5.52 Å². The van der Waals surface area contributed by atoms with Crippen molar-refractivity contribution >= 4 is 33.8 Å². The molecule has 0 fully saturated rings. The molecule has 4 rings (SSSR count). The lowest BCUT2D eigenvalue weighted by atomic mass is 10.2. The van der Waals surface area contributed by atoms with Crippen LogP contribution in [0.2, 0.25) is 0 Å². The van der Waals surface area contributed by atoms with E-state index < -0.39 is 0 Å². The van der Waals surface area contributed by atoms with Gasteiger partial charge in [0.05, 0.1) is 23.2 Å². The summed E-state index contributed by atoms with van der Waals surface area (Å²) >= 11 is 1.34. The van der Waals surface area contributed by atoms with Gasteiger partial charge in [0.2, 0.25) is 11.4 Å². The highest BCUT2D eigenvalue weighted by molar-refractivity contribution is 7.12. The summed E-state index contributed by atoms with van der Waals surface area (Å²) in [7, 11) is 0. The zero-order valence-electron chi connectivity index (χ0n) is 12.7. The Morgan fingerprint density at radius 2 is 2.29 bits per heavy atom. The van der Waals surface area contributed by atoms with Gasteiger partial charge in [-0.15, -0.1) is 11.3 Å². The second kappa shape index (κ2) is 5.57. The minimum Gasteiger partial charge on any atom is -0.594 e. The van der Waals surface area contributed by atoms with Crippen molar-refractivity contribution in [2.24, 2.45) is 0 Å². The number of carbonyl (C=O) groups excluding carboxylic acids is 1. The van der Waals surface area contributed by atoms with Gasteiger partial charge in [0.1, 0.15) is 11.3 Å². The second-order valence-corrected chi connectivity index (χ2v) is 6.00. The second-order valence-electron chi connectivity index (χ2n) is 5.06. The Balaban J connectivity index is 1.96. The molecular formula is C16H12N4O3S. The molecule has 8 heteroatoms. The van der Waals surface area contributed by atoms with Crippen molar-refractivity contribution in [3.63, 3.8) is 0 Å². The summed E-state index contributed by atoms with van der Waals surface area (Å²) in [6.07, 6.45) is 1.44. The average Bonchev–Trinajstić information content (AvgIpc) is 3.24. The van der Waals surface area contributed by atoms with Crippen molar-refractivity contribution in [1.82, 2.24) is 14.7 Å². The van der Waals surface area contributed by atoms with Crippen LogP contribution in [0.4, 0.5) is 0 Å². The monoisotopic (exact) mass is 340 g/mol. The van der Waals surface area contributed by atoms with Gasteiger partial charge in [-0.25, -0.2) is 4.52 Å². The molecule has 0 radical (unpaired) electrons. The number of hydrogen-bond donors (Lipinski definition) is 0. The van der Waals surface area contributed by atoms with Gasteiger partial charge in [0.15, 0.2) is 0 Å². The van der Waals surface area contributed by atoms with Crippen LogP contribution < -0.4 is 9.58 Å². The van der Waals surface area contributed by atoms with Gasteiger partial charge < -0.3 is 9.94 Å².